The van der Waals surface area contributed by atoms with Crippen molar-refractivity contribution in [2.45, 2.75) is 24.9 Å². The van der Waals surface area contributed by atoms with Crippen molar-refractivity contribution in [3.05, 3.63) is 107 Å². The summed E-state index contributed by atoms with van der Waals surface area (Å²) in [6.45, 7) is 1.17. The molecule has 2 aromatic carbocycles. The average molecular weight is 585 g/mol. The van der Waals surface area contributed by atoms with Crippen molar-refractivity contribution in [1.82, 2.24) is 30.6 Å². The van der Waals surface area contributed by atoms with Gasteiger partial charge in [-0.2, -0.15) is 0 Å². The number of fused-ring (bicyclic) bond motifs is 2. The lowest BCUT2D eigenvalue weighted by atomic mass is 9.99. The number of Topliss-reactive ketones (excluding diaryl/α,β-unsaturated/α-hetero) is 2. The van der Waals surface area contributed by atoms with E-state index < -0.39 is 0 Å². The number of benzene rings is 2. The minimum absolute atomic E-state index is 0.0182. The number of aromatic nitrogens is 4. The Morgan fingerprint density at radius 3 is 1.59 bits per heavy atom. The van der Waals surface area contributed by atoms with Gasteiger partial charge in [0.15, 0.2) is 11.5 Å². The highest BCUT2D eigenvalue weighted by Gasteiger charge is 2.34. The van der Waals surface area contributed by atoms with Gasteiger partial charge in [-0.25, -0.2) is 9.97 Å². The Bertz CT molecular complexity index is 1910. The smallest absolute Gasteiger partial charge is 0.202 e. The SMILES string of the molecule is O=C(c1ccco1)C1CNC(c2nc3ccc(C#Cc4ccc5nc(C6CC(C(=O)c7ccco7)CN6)[nH]c5c4)cc3[nH]2)C1. The van der Waals surface area contributed by atoms with Crippen LogP contribution in [-0.4, -0.2) is 44.6 Å². The molecule has 0 spiro atoms. The van der Waals surface area contributed by atoms with Gasteiger partial charge >= 0.3 is 0 Å². The molecule has 2 aliphatic rings. The van der Waals surface area contributed by atoms with Crippen LogP contribution in [0.3, 0.4) is 0 Å². The second-order valence-electron chi connectivity index (χ2n) is 11.4. The van der Waals surface area contributed by atoms with Crippen LogP contribution in [0.4, 0.5) is 0 Å². The number of nitrogens with zero attached hydrogens (tertiary/aromatic N) is 2. The molecule has 2 aliphatic heterocycles. The maximum absolute atomic E-state index is 12.7. The van der Waals surface area contributed by atoms with Gasteiger partial charge < -0.3 is 29.4 Å². The van der Waals surface area contributed by atoms with Gasteiger partial charge in [0, 0.05) is 36.1 Å². The van der Waals surface area contributed by atoms with Crippen molar-refractivity contribution in [2.75, 3.05) is 13.1 Å². The summed E-state index contributed by atoms with van der Waals surface area (Å²) in [4.78, 5) is 41.8. The number of carbonyl (C=O) groups is 2. The van der Waals surface area contributed by atoms with Crippen LogP contribution in [0.1, 0.15) is 68.8 Å². The second-order valence-corrected chi connectivity index (χ2v) is 11.4. The Balaban J connectivity index is 0.953. The van der Waals surface area contributed by atoms with E-state index in [-0.39, 0.29) is 35.5 Å². The Kier molecular flexibility index (Phi) is 6.47. The van der Waals surface area contributed by atoms with Gasteiger partial charge in [-0.05, 0) is 73.5 Å². The fourth-order valence-corrected chi connectivity index (χ4v) is 6.22. The van der Waals surface area contributed by atoms with Gasteiger partial charge in [-0.15, -0.1) is 0 Å². The number of carbonyl (C=O) groups excluding carboxylic acids is 2. The van der Waals surface area contributed by atoms with Crippen molar-refractivity contribution in [2.24, 2.45) is 11.8 Å². The van der Waals surface area contributed by atoms with Gasteiger partial charge in [0.1, 0.15) is 11.6 Å². The Labute approximate surface area is 251 Å². The van der Waals surface area contributed by atoms with E-state index in [2.05, 4.69) is 32.4 Å². The number of ketones is 2. The van der Waals surface area contributed by atoms with E-state index in [1.165, 1.54) is 12.5 Å². The van der Waals surface area contributed by atoms with Crippen molar-refractivity contribution < 1.29 is 18.4 Å². The zero-order valence-electron chi connectivity index (χ0n) is 23.6. The molecule has 6 heterocycles. The summed E-state index contributed by atoms with van der Waals surface area (Å²) in [6.07, 6.45) is 4.36. The molecular weight excluding hydrogens is 556 g/mol. The number of H-pyrrole nitrogens is 2. The second kappa shape index (κ2) is 10.8. The van der Waals surface area contributed by atoms with E-state index in [9.17, 15) is 9.59 Å². The highest BCUT2D eigenvalue weighted by Crippen LogP contribution is 2.31. The van der Waals surface area contributed by atoms with Gasteiger partial charge in [-0.3, -0.25) is 9.59 Å². The lowest BCUT2D eigenvalue weighted by Gasteiger charge is -2.06. The van der Waals surface area contributed by atoms with Crippen LogP contribution < -0.4 is 10.6 Å². The van der Waals surface area contributed by atoms with E-state index in [1.807, 2.05) is 36.4 Å². The molecule has 0 saturated carbocycles. The van der Waals surface area contributed by atoms with Crippen LogP contribution in [0.15, 0.2) is 82.0 Å². The minimum atomic E-state index is -0.146. The molecule has 44 heavy (non-hydrogen) atoms. The molecule has 0 radical (unpaired) electrons. The summed E-state index contributed by atoms with van der Waals surface area (Å²) in [5, 5.41) is 6.84. The summed E-state index contributed by atoms with van der Waals surface area (Å²) in [6, 6.07) is 18.7. The molecule has 4 atom stereocenters. The van der Waals surface area contributed by atoms with Gasteiger partial charge in [0.25, 0.3) is 0 Å². The van der Waals surface area contributed by atoms with Crippen molar-refractivity contribution in [3.63, 3.8) is 0 Å². The maximum Gasteiger partial charge on any atom is 0.202 e. The first-order valence-corrected chi connectivity index (χ1v) is 14.7. The molecule has 10 heteroatoms. The molecular formula is C34H28N6O4. The third-order valence-electron chi connectivity index (χ3n) is 8.54. The fourth-order valence-electron chi connectivity index (χ4n) is 6.22. The fraction of sp³-hybridized carbons (Fsp3) is 0.235. The Hall–Kier alpha value is -5.24. The summed E-state index contributed by atoms with van der Waals surface area (Å²) >= 11 is 0. The number of furan rings is 2. The Morgan fingerprint density at radius 2 is 1.16 bits per heavy atom. The zero-order chi connectivity index (χ0) is 29.6. The van der Waals surface area contributed by atoms with E-state index in [0.717, 1.165) is 44.8 Å². The first-order valence-electron chi connectivity index (χ1n) is 14.7. The van der Waals surface area contributed by atoms with Crippen LogP contribution in [-0.2, 0) is 0 Å². The third-order valence-corrected chi connectivity index (χ3v) is 8.54. The quantitative estimate of drug-likeness (QED) is 0.157. The standard InChI is InChI=1S/C34H28N6O4/c41-31(29-3-1-11-43-29)21-15-27(35-17-21)33-37-23-9-7-19(13-25(23)39-33)5-6-20-8-10-24-26(14-20)40-34(38-24)28-16-22(18-36-28)32(42)30-4-2-12-44-30/h1-4,7-14,21-22,27-28,35-36H,15-18H2,(H,37,39)(H,38,40). The van der Waals surface area contributed by atoms with Crippen LogP contribution in [0.25, 0.3) is 22.1 Å². The molecule has 0 aliphatic carbocycles. The highest BCUT2D eigenvalue weighted by atomic mass is 16.3. The van der Waals surface area contributed by atoms with Crippen LogP contribution in [0.2, 0.25) is 0 Å². The first kappa shape index (κ1) is 26.4. The van der Waals surface area contributed by atoms with Crippen molar-refractivity contribution >= 4 is 33.6 Å². The predicted molar refractivity (Wildman–Crippen MR) is 162 cm³/mol. The summed E-state index contributed by atoms with van der Waals surface area (Å²) in [5.41, 5.74) is 5.24. The molecule has 4 N–H and O–H groups in total. The minimum Gasteiger partial charge on any atom is -0.461 e. The number of hydrogen-bond donors (Lipinski definition) is 4. The lowest BCUT2D eigenvalue weighted by Crippen LogP contribution is -2.18. The first-order chi connectivity index (χ1) is 21.6. The number of rotatable bonds is 6. The van der Waals surface area contributed by atoms with Crippen molar-refractivity contribution in [1.29, 1.82) is 0 Å². The molecule has 2 saturated heterocycles. The molecule has 6 aromatic rings. The number of nitrogens with one attached hydrogen (secondary N) is 4. The topological polar surface area (TPSA) is 142 Å². The third kappa shape index (κ3) is 4.92. The van der Waals surface area contributed by atoms with E-state index in [1.54, 1.807) is 24.3 Å². The molecule has 10 nitrogen and oxygen atoms in total. The molecule has 8 rings (SSSR count). The average Bonchev–Trinajstić information content (AvgIpc) is 3.90. The molecule has 4 aromatic heterocycles. The summed E-state index contributed by atoms with van der Waals surface area (Å²) < 4.78 is 10.6. The normalized spacial score (nSPS) is 21.5. The molecule has 0 amide bonds. The van der Waals surface area contributed by atoms with Crippen LogP contribution in [0.5, 0.6) is 0 Å². The maximum atomic E-state index is 12.7. The molecule has 4 unspecified atom stereocenters. The van der Waals surface area contributed by atoms with Crippen LogP contribution in [0, 0.1) is 23.7 Å². The van der Waals surface area contributed by atoms with E-state index in [4.69, 9.17) is 18.8 Å². The van der Waals surface area contributed by atoms with Crippen molar-refractivity contribution in [3.8, 4) is 11.8 Å². The summed E-state index contributed by atoms with van der Waals surface area (Å²) in [5.74, 6) is 8.70. The molecule has 218 valence electrons. The predicted octanol–water partition coefficient (Wildman–Crippen LogP) is 5.09. The number of hydrogen-bond acceptors (Lipinski definition) is 8. The van der Waals surface area contributed by atoms with E-state index >= 15 is 0 Å². The molecule has 2 fully saturated rings. The van der Waals surface area contributed by atoms with Gasteiger partial charge in [0.2, 0.25) is 11.6 Å². The van der Waals surface area contributed by atoms with Gasteiger partial charge in [-0.1, -0.05) is 11.8 Å². The lowest BCUT2D eigenvalue weighted by molar-refractivity contribution is 0.0893. The summed E-state index contributed by atoms with van der Waals surface area (Å²) in [7, 11) is 0. The number of aromatic amines is 2. The monoisotopic (exact) mass is 584 g/mol. The molecule has 0 bridgehead atoms. The van der Waals surface area contributed by atoms with Gasteiger partial charge in [0.05, 0.1) is 46.7 Å². The largest absolute Gasteiger partial charge is 0.461 e. The zero-order valence-corrected chi connectivity index (χ0v) is 23.6. The van der Waals surface area contributed by atoms with Crippen LogP contribution >= 0.6 is 0 Å². The Morgan fingerprint density at radius 1 is 0.682 bits per heavy atom. The number of imidazole rings is 2. The van der Waals surface area contributed by atoms with E-state index in [0.29, 0.717) is 37.5 Å². The highest BCUT2D eigenvalue weighted by molar-refractivity contribution is 5.96.